The Morgan fingerprint density at radius 2 is 2.15 bits per heavy atom. The van der Waals surface area contributed by atoms with Gasteiger partial charge in [0.05, 0.1) is 4.92 Å². The summed E-state index contributed by atoms with van der Waals surface area (Å²) >= 11 is 0. The second-order valence-electron chi connectivity index (χ2n) is 5.61. The van der Waals surface area contributed by atoms with Gasteiger partial charge in [-0.3, -0.25) is 10.1 Å². The molecule has 2 rings (SSSR count). The molecule has 0 aromatic carbocycles. The molecule has 5 nitrogen and oxygen atoms in total. The van der Waals surface area contributed by atoms with Gasteiger partial charge in [0.1, 0.15) is 17.6 Å². The average Bonchev–Trinajstić information content (AvgIpc) is 2.92. The van der Waals surface area contributed by atoms with Crippen LogP contribution in [0.3, 0.4) is 0 Å². The van der Waals surface area contributed by atoms with Crippen molar-refractivity contribution >= 4 is 11.4 Å². The van der Waals surface area contributed by atoms with Crippen LogP contribution in [0.15, 0.2) is 12.3 Å². The Kier molecular flexibility index (Phi) is 3.35. The van der Waals surface area contributed by atoms with Gasteiger partial charge in [-0.1, -0.05) is 13.8 Å². The number of anilines is 1. The van der Waals surface area contributed by atoms with E-state index in [4.69, 9.17) is 0 Å². The average molecular weight is 289 g/mol. The number of halogens is 3. The third-order valence-corrected chi connectivity index (χ3v) is 3.63. The highest BCUT2D eigenvalue weighted by atomic mass is 19.4. The van der Waals surface area contributed by atoms with Crippen LogP contribution in [0.25, 0.3) is 0 Å². The Morgan fingerprint density at radius 1 is 1.55 bits per heavy atom. The minimum atomic E-state index is -4.62. The number of hydrogen-bond donors (Lipinski definition) is 1. The summed E-state index contributed by atoms with van der Waals surface area (Å²) < 4.78 is 37.7. The third kappa shape index (κ3) is 3.00. The molecule has 1 heterocycles. The molecule has 1 aromatic rings. The van der Waals surface area contributed by atoms with Crippen LogP contribution in [0.4, 0.5) is 24.5 Å². The second kappa shape index (κ2) is 4.60. The first kappa shape index (κ1) is 14.5. The van der Waals surface area contributed by atoms with Gasteiger partial charge in [0.25, 0.3) is 0 Å². The van der Waals surface area contributed by atoms with Crippen molar-refractivity contribution < 1.29 is 18.1 Å². The molecule has 1 atom stereocenters. The predicted molar refractivity (Wildman–Crippen MR) is 66.3 cm³/mol. The summed E-state index contributed by atoms with van der Waals surface area (Å²) in [6, 6.07) is 0.688. The molecule has 1 N–H and O–H groups in total. The molecule has 0 bridgehead atoms. The molecular formula is C12H14F3N3O2. The van der Waals surface area contributed by atoms with Crippen molar-refractivity contribution in [3.63, 3.8) is 0 Å². The standard InChI is InChI=1S/C12H14F3N3O2/c1-11(2)4-7(11)5-16-8-3-10(12(13,14)15)17-6-9(8)18(19)20/h3,6-7H,4-5H2,1-2H3,(H,16,17). The third-order valence-electron chi connectivity index (χ3n) is 3.63. The number of hydrogen-bond acceptors (Lipinski definition) is 4. The number of nitrogens with one attached hydrogen (secondary N) is 1. The summed E-state index contributed by atoms with van der Waals surface area (Å²) in [5, 5.41) is 13.6. The van der Waals surface area contributed by atoms with E-state index in [0.717, 1.165) is 6.42 Å². The quantitative estimate of drug-likeness (QED) is 0.680. The fraction of sp³-hybridized carbons (Fsp3) is 0.583. The number of alkyl halides is 3. The normalized spacial score (nSPS) is 20.6. The summed E-state index contributed by atoms with van der Waals surface area (Å²) in [6.45, 7) is 4.50. The molecule has 0 spiro atoms. The van der Waals surface area contributed by atoms with Gasteiger partial charge in [-0.05, 0) is 23.8 Å². The lowest BCUT2D eigenvalue weighted by molar-refractivity contribution is -0.384. The number of aromatic nitrogens is 1. The van der Waals surface area contributed by atoms with Gasteiger partial charge in [0.15, 0.2) is 0 Å². The maximum atomic E-state index is 12.6. The van der Waals surface area contributed by atoms with Crippen LogP contribution in [-0.4, -0.2) is 16.5 Å². The van der Waals surface area contributed by atoms with Gasteiger partial charge >= 0.3 is 11.9 Å². The van der Waals surface area contributed by atoms with Gasteiger partial charge < -0.3 is 5.32 Å². The molecule has 0 saturated heterocycles. The van der Waals surface area contributed by atoms with Crippen molar-refractivity contribution in [1.29, 1.82) is 0 Å². The molecular weight excluding hydrogens is 275 g/mol. The van der Waals surface area contributed by atoms with Gasteiger partial charge in [0.2, 0.25) is 0 Å². The highest BCUT2D eigenvalue weighted by Crippen LogP contribution is 2.51. The SMILES string of the molecule is CC1(C)CC1CNc1cc(C(F)(F)F)ncc1[N+](=O)[O-]. The number of rotatable bonds is 4. The Hall–Kier alpha value is -1.86. The maximum absolute atomic E-state index is 12.6. The summed E-state index contributed by atoms with van der Waals surface area (Å²) in [4.78, 5) is 13.2. The van der Waals surface area contributed by atoms with Gasteiger partial charge in [-0.15, -0.1) is 0 Å². The molecule has 1 fully saturated rings. The fourth-order valence-corrected chi connectivity index (χ4v) is 2.05. The lowest BCUT2D eigenvalue weighted by Gasteiger charge is -2.11. The molecule has 0 aliphatic heterocycles. The lowest BCUT2D eigenvalue weighted by atomic mass is 10.1. The highest BCUT2D eigenvalue weighted by molar-refractivity contribution is 5.61. The Balaban J connectivity index is 2.21. The van der Waals surface area contributed by atoms with Crippen LogP contribution in [0.1, 0.15) is 26.0 Å². The molecule has 1 aromatic heterocycles. The Morgan fingerprint density at radius 3 is 2.60 bits per heavy atom. The molecule has 1 unspecified atom stereocenters. The van der Waals surface area contributed by atoms with Gasteiger partial charge in [-0.25, -0.2) is 4.98 Å². The van der Waals surface area contributed by atoms with E-state index in [-0.39, 0.29) is 11.1 Å². The first-order valence-electron chi connectivity index (χ1n) is 6.07. The van der Waals surface area contributed by atoms with Crippen molar-refractivity contribution in [3.8, 4) is 0 Å². The second-order valence-corrected chi connectivity index (χ2v) is 5.61. The molecule has 8 heteroatoms. The molecule has 0 radical (unpaired) electrons. The number of nitro groups is 1. The van der Waals surface area contributed by atoms with E-state index in [0.29, 0.717) is 24.7 Å². The summed E-state index contributed by atoms with van der Waals surface area (Å²) in [6.07, 6.45) is -3.03. The zero-order chi connectivity index (χ0) is 15.1. The largest absolute Gasteiger partial charge is 0.433 e. The van der Waals surface area contributed by atoms with Crippen LogP contribution in [-0.2, 0) is 6.18 Å². The summed E-state index contributed by atoms with van der Waals surface area (Å²) in [5.41, 5.74) is -1.58. The van der Waals surface area contributed by atoms with Crippen molar-refractivity contribution in [2.45, 2.75) is 26.4 Å². The highest BCUT2D eigenvalue weighted by Gasteiger charge is 2.45. The Bertz CT molecular complexity index is 543. The van der Waals surface area contributed by atoms with Crippen molar-refractivity contribution in [1.82, 2.24) is 4.98 Å². The van der Waals surface area contributed by atoms with E-state index < -0.39 is 22.5 Å². The summed E-state index contributed by atoms with van der Waals surface area (Å²) in [7, 11) is 0. The van der Waals surface area contributed by atoms with Crippen molar-refractivity contribution in [2.24, 2.45) is 11.3 Å². The van der Waals surface area contributed by atoms with Crippen molar-refractivity contribution in [2.75, 3.05) is 11.9 Å². The van der Waals surface area contributed by atoms with E-state index in [1.165, 1.54) is 0 Å². The van der Waals surface area contributed by atoms with Gasteiger partial charge in [-0.2, -0.15) is 13.2 Å². The van der Waals surface area contributed by atoms with Gasteiger partial charge in [0, 0.05) is 6.54 Å². The number of nitrogens with zero attached hydrogens (tertiary/aromatic N) is 2. The monoisotopic (exact) mass is 289 g/mol. The minimum Gasteiger partial charge on any atom is -0.379 e. The maximum Gasteiger partial charge on any atom is 0.433 e. The van der Waals surface area contributed by atoms with Crippen LogP contribution in [0, 0.1) is 21.4 Å². The zero-order valence-corrected chi connectivity index (χ0v) is 11.0. The van der Waals surface area contributed by atoms with Crippen LogP contribution < -0.4 is 5.32 Å². The van der Waals surface area contributed by atoms with Crippen LogP contribution in [0.5, 0.6) is 0 Å². The lowest BCUT2D eigenvalue weighted by Crippen LogP contribution is -2.13. The van der Waals surface area contributed by atoms with E-state index >= 15 is 0 Å². The molecule has 0 amide bonds. The zero-order valence-electron chi connectivity index (χ0n) is 11.0. The fourth-order valence-electron chi connectivity index (χ4n) is 2.05. The first-order valence-corrected chi connectivity index (χ1v) is 6.07. The van der Waals surface area contributed by atoms with E-state index in [1.54, 1.807) is 0 Å². The molecule has 1 saturated carbocycles. The van der Waals surface area contributed by atoms with E-state index in [2.05, 4.69) is 10.3 Å². The van der Waals surface area contributed by atoms with Crippen LogP contribution in [0.2, 0.25) is 0 Å². The predicted octanol–water partition coefficient (Wildman–Crippen LogP) is 3.47. The Labute approximate surface area is 113 Å². The number of pyridine rings is 1. The molecule has 110 valence electrons. The first-order chi connectivity index (χ1) is 9.11. The van der Waals surface area contributed by atoms with Crippen molar-refractivity contribution in [3.05, 3.63) is 28.1 Å². The minimum absolute atomic E-state index is 0.139. The topological polar surface area (TPSA) is 68.1 Å². The smallest absolute Gasteiger partial charge is 0.379 e. The van der Waals surface area contributed by atoms with Crippen LogP contribution >= 0.6 is 0 Å². The molecule has 1 aliphatic carbocycles. The van der Waals surface area contributed by atoms with E-state index in [9.17, 15) is 23.3 Å². The van der Waals surface area contributed by atoms with E-state index in [1.807, 2.05) is 13.8 Å². The molecule has 20 heavy (non-hydrogen) atoms. The molecule has 1 aliphatic rings. The summed E-state index contributed by atoms with van der Waals surface area (Å²) in [5.74, 6) is 0.310.